The summed E-state index contributed by atoms with van der Waals surface area (Å²) in [7, 11) is 2.06. The number of nitrogens with one attached hydrogen (secondary N) is 2. The standard InChI is InChI=1S/C21H27N5O/c1-14(2)9-17-11-20(27)23-21(22-17)19-8-6-5-7-16(19)12-26(4)13-18-10-15(3)24-25-18/h5-8,10-11,14H,9,12-13H2,1-4H3,(H,24,25)(H,22,23,27). The van der Waals surface area contributed by atoms with E-state index in [1.807, 2.05) is 25.1 Å². The molecule has 0 atom stereocenters. The zero-order valence-corrected chi connectivity index (χ0v) is 16.4. The van der Waals surface area contributed by atoms with Gasteiger partial charge < -0.3 is 4.98 Å². The number of H-pyrrole nitrogens is 2. The highest BCUT2D eigenvalue weighted by Crippen LogP contribution is 2.21. The molecule has 3 aromatic rings. The Morgan fingerprint density at radius 3 is 2.59 bits per heavy atom. The van der Waals surface area contributed by atoms with Gasteiger partial charge in [0.05, 0.1) is 5.69 Å². The van der Waals surface area contributed by atoms with Crippen LogP contribution in [0.25, 0.3) is 11.4 Å². The summed E-state index contributed by atoms with van der Waals surface area (Å²) in [4.78, 5) is 21.9. The predicted molar refractivity (Wildman–Crippen MR) is 107 cm³/mol. The van der Waals surface area contributed by atoms with Crippen molar-refractivity contribution in [1.29, 1.82) is 0 Å². The van der Waals surface area contributed by atoms with Gasteiger partial charge in [-0.15, -0.1) is 0 Å². The molecule has 142 valence electrons. The second-order valence-electron chi connectivity index (χ2n) is 7.56. The van der Waals surface area contributed by atoms with Gasteiger partial charge in [0, 0.05) is 36.1 Å². The molecule has 0 aliphatic heterocycles. The van der Waals surface area contributed by atoms with Crippen LogP contribution in [0.3, 0.4) is 0 Å². The fraction of sp³-hybridized carbons (Fsp3) is 0.381. The topological polar surface area (TPSA) is 77.7 Å². The number of aromatic amines is 2. The third-order valence-electron chi connectivity index (χ3n) is 4.32. The number of aromatic nitrogens is 4. The number of benzene rings is 1. The first-order valence-electron chi connectivity index (χ1n) is 9.28. The van der Waals surface area contributed by atoms with Crippen molar-refractivity contribution in [3.05, 3.63) is 69.4 Å². The lowest BCUT2D eigenvalue weighted by Crippen LogP contribution is -2.19. The second kappa shape index (κ2) is 8.31. The normalized spacial score (nSPS) is 11.5. The number of nitrogens with zero attached hydrogens (tertiary/aromatic N) is 3. The minimum atomic E-state index is -0.106. The number of aryl methyl sites for hydroxylation is 1. The lowest BCUT2D eigenvalue weighted by molar-refractivity contribution is 0.315. The van der Waals surface area contributed by atoms with Crippen molar-refractivity contribution in [3.8, 4) is 11.4 Å². The van der Waals surface area contributed by atoms with Gasteiger partial charge in [0.1, 0.15) is 5.82 Å². The molecule has 0 unspecified atom stereocenters. The average molecular weight is 365 g/mol. The third-order valence-corrected chi connectivity index (χ3v) is 4.32. The van der Waals surface area contributed by atoms with Gasteiger partial charge in [0.2, 0.25) is 0 Å². The Bertz CT molecular complexity index is 957. The monoisotopic (exact) mass is 365 g/mol. The average Bonchev–Trinajstić information content (AvgIpc) is 2.98. The maximum absolute atomic E-state index is 12.1. The van der Waals surface area contributed by atoms with E-state index >= 15 is 0 Å². The van der Waals surface area contributed by atoms with Gasteiger partial charge in [-0.3, -0.25) is 14.8 Å². The summed E-state index contributed by atoms with van der Waals surface area (Å²) >= 11 is 0. The van der Waals surface area contributed by atoms with E-state index in [0.29, 0.717) is 11.7 Å². The third kappa shape index (κ3) is 5.14. The van der Waals surface area contributed by atoms with Crippen LogP contribution in [-0.4, -0.2) is 32.1 Å². The summed E-state index contributed by atoms with van der Waals surface area (Å²) in [5.41, 5.74) is 4.88. The molecule has 2 N–H and O–H groups in total. The molecule has 1 aromatic carbocycles. The fourth-order valence-corrected chi connectivity index (χ4v) is 3.23. The molecular weight excluding hydrogens is 338 g/mol. The van der Waals surface area contributed by atoms with Crippen molar-refractivity contribution >= 4 is 0 Å². The molecule has 0 radical (unpaired) electrons. The fourth-order valence-electron chi connectivity index (χ4n) is 3.23. The van der Waals surface area contributed by atoms with Crippen LogP contribution in [0.15, 0.2) is 41.2 Å². The Balaban J connectivity index is 1.85. The van der Waals surface area contributed by atoms with Crippen LogP contribution in [0.1, 0.15) is 36.5 Å². The van der Waals surface area contributed by atoms with E-state index in [9.17, 15) is 4.79 Å². The van der Waals surface area contributed by atoms with Gasteiger partial charge in [-0.2, -0.15) is 5.10 Å². The van der Waals surface area contributed by atoms with Gasteiger partial charge >= 0.3 is 0 Å². The quantitative estimate of drug-likeness (QED) is 0.673. The molecule has 2 heterocycles. The molecule has 0 aliphatic carbocycles. The summed E-state index contributed by atoms with van der Waals surface area (Å²) in [6.45, 7) is 7.73. The lowest BCUT2D eigenvalue weighted by atomic mass is 10.0. The summed E-state index contributed by atoms with van der Waals surface area (Å²) < 4.78 is 0. The summed E-state index contributed by atoms with van der Waals surface area (Å²) in [6.07, 6.45) is 0.789. The van der Waals surface area contributed by atoms with Crippen molar-refractivity contribution in [2.45, 2.75) is 40.3 Å². The maximum atomic E-state index is 12.1. The summed E-state index contributed by atoms with van der Waals surface area (Å²) in [5, 5.41) is 7.28. The van der Waals surface area contributed by atoms with Crippen molar-refractivity contribution in [2.75, 3.05) is 7.05 Å². The summed E-state index contributed by atoms with van der Waals surface area (Å²) in [5.74, 6) is 1.09. The van der Waals surface area contributed by atoms with Crippen LogP contribution in [0.2, 0.25) is 0 Å². The SMILES string of the molecule is Cc1cc(CN(C)Cc2ccccc2-c2nc(CC(C)C)cc(=O)[nH]2)n[nH]1. The first-order chi connectivity index (χ1) is 12.9. The van der Waals surface area contributed by atoms with Gasteiger partial charge in [-0.05, 0) is 37.9 Å². The Morgan fingerprint density at radius 2 is 1.89 bits per heavy atom. The molecule has 6 heteroatoms. The zero-order valence-electron chi connectivity index (χ0n) is 16.4. The van der Waals surface area contributed by atoms with Crippen molar-refractivity contribution in [3.63, 3.8) is 0 Å². The summed E-state index contributed by atoms with van der Waals surface area (Å²) in [6, 6.07) is 11.7. The van der Waals surface area contributed by atoms with E-state index < -0.39 is 0 Å². The smallest absolute Gasteiger partial charge is 0.251 e. The van der Waals surface area contributed by atoms with E-state index in [4.69, 9.17) is 4.98 Å². The minimum absolute atomic E-state index is 0.106. The first-order valence-corrected chi connectivity index (χ1v) is 9.28. The molecule has 0 saturated carbocycles. The molecule has 3 rings (SSSR count). The van der Waals surface area contributed by atoms with Gasteiger partial charge in [-0.25, -0.2) is 4.98 Å². The number of hydrogen-bond donors (Lipinski definition) is 2. The molecule has 0 bridgehead atoms. The van der Waals surface area contributed by atoms with Crippen LogP contribution in [0.4, 0.5) is 0 Å². The Kier molecular flexibility index (Phi) is 5.86. The van der Waals surface area contributed by atoms with Crippen molar-refractivity contribution in [1.82, 2.24) is 25.1 Å². The predicted octanol–water partition coefficient (Wildman–Crippen LogP) is 3.30. The number of rotatable bonds is 7. The van der Waals surface area contributed by atoms with Gasteiger partial charge in [0.25, 0.3) is 5.56 Å². The Labute approximate surface area is 159 Å². The van der Waals surface area contributed by atoms with E-state index in [2.05, 4.69) is 53.1 Å². The van der Waals surface area contributed by atoms with E-state index in [-0.39, 0.29) is 5.56 Å². The van der Waals surface area contributed by atoms with Crippen LogP contribution < -0.4 is 5.56 Å². The molecule has 0 saturated heterocycles. The molecule has 6 nitrogen and oxygen atoms in total. The Hall–Kier alpha value is -2.73. The number of hydrogen-bond acceptors (Lipinski definition) is 4. The molecule has 0 spiro atoms. The molecule has 0 amide bonds. The van der Waals surface area contributed by atoms with Crippen LogP contribution in [-0.2, 0) is 19.5 Å². The highest BCUT2D eigenvalue weighted by atomic mass is 16.1. The zero-order chi connectivity index (χ0) is 19.4. The Morgan fingerprint density at radius 1 is 1.11 bits per heavy atom. The van der Waals surface area contributed by atoms with E-state index in [0.717, 1.165) is 47.7 Å². The van der Waals surface area contributed by atoms with Crippen LogP contribution in [0.5, 0.6) is 0 Å². The molecule has 0 fully saturated rings. The maximum Gasteiger partial charge on any atom is 0.251 e. The van der Waals surface area contributed by atoms with Crippen molar-refractivity contribution < 1.29 is 0 Å². The highest BCUT2D eigenvalue weighted by Gasteiger charge is 2.12. The van der Waals surface area contributed by atoms with Gasteiger partial charge in [-0.1, -0.05) is 38.1 Å². The molecular formula is C21H27N5O. The molecule has 27 heavy (non-hydrogen) atoms. The van der Waals surface area contributed by atoms with E-state index in [1.54, 1.807) is 6.07 Å². The van der Waals surface area contributed by atoms with Crippen LogP contribution >= 0.6 is 0 Å². The lowest BCUT2D eigenvalue weighted by Gasteiger charge is -2.18. The second-order valence-corrected chi connectivity index (χ2v) is 7.56. The van der Waals surface area contributed by atoms with Gasteiger partial charge in [0.15, 0.2) is 0 Å². The first kappa shape index (κ1) is 19.0. The van der Waals surface area contributed by atoms with Crippen LogP contribution in [0, 0.1) is 12.8 Å². The largest absolute Gasteiger partial charge is 0.307 e. The van der Waals surface area contributed by atoms with E-state index in [1.165, 1.54) is 0 Å². The minimum Gasteiger partial charge on any atom is -0.307 e. The highest BCUT2D eigenvalue weighted by molar-refractivity contribution is 5.60. The molecule has 2 aromatic heterocycles. The molecule has 0 aliphatic rings. The van der Waals surface area contributed by atoms with Crippen molar-refractivity contribution in [2.24, 2.45) is 5.92 Å².